The van der Waals surface area contributed by atoms with Crippen LogP contribution in [0, 0.1) is 5.92 Å². The van der Waals surface area contributed by atoms with Gasteiger partial charge in [0, 0.05) is 51.4 Å². The number of piperidine rings is 1. The van der Waals surface area contributed by atoms with Gasteiger partial charge in [0.2, 0.25) is 17.7 Å². The fourth-order valence-electron chi connectivity index (χ4n) is 4.19. The first kappa shape index (κ1) is 20.4. The SMILES string of the molecule is COc1cccc(CC(=O)N2CC(Cc3nc(C4CCN(C(C)=O)CC4)no3)C2)c1. The first-order valence-electron chi connectivity index (χ1n) is 10.5. The average molecular weight is 412 g/mol. The average Bonchev–Trinajstić information content (AvgIpc) is 3.19. The van der Waals surface area contributed by atoms with Crippen molar-refractivity contribution in [2.24, 2.45) is 5.92 Å². The summed E-state index contributed by atoms with van der Waals surface area (Å²) >= 11 is 0. The van der Waals surface area contributed by atoms with E-state index in [1.807, 2.05) is 34.1 Å². The lowest BCUT2D eigenvalue weighted by Crippen LogP contribution is -2.51. The zero-order valence-corrected chi connectivity index (χ0v) is 17.5. The largest absolute Gasteiger partial charge is 0.497 e. The number of nitrogens with zero attached hydrogens (tertiary/aromatic N) is 4. The molecule has 0 unspecified atom stereocenters. The van der Waals surface area contributed by atoms with E-state index in [0.717, 1.165) is 56.2 Å². The molecule has 0 radical (unpaired) electrons. The van der Waals surface area contributed by atoms with E-state index in [1.54, 1.807) is 14.0 Å². The van der Waals surface area contributed by atoms with Gasteiger partial charge in [0.05, 0.1) is 13.5 Å². The molecular formula is C22H28N4O4. The van der Waals surface area contributed by atoms with Gasteiger partial charge in [-0.05, 0) is 30.5 Å². The van der Waals surface area contributed by atoms with Crippen molar-refractivity contribution in [2.45, 2.75) is 38.5 Å². The number of benzene rings is 1. The van der Waals surface area contributed by atoms with Crippen LogP contribution in [0.25, 0.3) is 0 Å². The minimum atomic E-state index is 0.123. The van der Waals surface area contributed by atoms with E-state index in [2.05, 4.69) is 10.1 Å². The normalized spacial score (nSPS) is 17.7. The number of aromatic nitrogens is 2. The second-order valence-electron chi connectivity index (χ2n) is 8.22. The molecule has 30 heavy (non-hydrogen) atoms. The Morgan fingerprint density at radius 1 is 1.20 bits per heavy atom. The summed E-state index contributed by atoms with van der Waals surface area (Å²) in [6, 6.07) is 7.62. The Morgan fingerprint density at radius 3 is 2.67 bits per heavy atom. The third-order valence-electron chi connectivity index (χ3n) is 6.05. The molecule has 0 bridgehead atoms. The van der Waals surface area contributed by atoms with Gasteiger partial charge < -0.3 is 19.1 Å². The van der Waals surface area contributed by atoms with Gasteiger partial charge in [-0.1, -0.05) is 17.3 Å². The lowest BCUT2D eigenvalue weighted by Gasteiger charge is -2.38. The Balaban J connectivity index is 1.23. The molecule has 2 amide bonds. The highest BCUT2D eigenvalue weighted by Gasteiger charge is 2.32. The van der Waals surface area contributed by atoms with E-state index >= 15 is 0 Å². The van der Waals surface area contributed by atoms with Crippen LogP contribution in [-0.2, 0) is 22.4 Å². The van der Waals surface area contributed by atoms with Gasteiger partial charge in [0.1, 0.15) is 5.75 Å². The summed E-state index contributed by atoms with van der Waals surface area (Å²) < 4.78 is 10.7. The number of rotatable bonds is 6. The first-order chi connectivity index (χ1) is 14.5. The van der Waals surface area contributed by atoms with Crippen molar-refractivity contribution in [3.63, 3.8) is 0 Å². The minimum Gasteiger partial charge on any atom is -0.497 e. The fraction of sp³-hybridized carbons (Fsp3) is 0.545. The molecule has 4 rings (SSSR count). The maximum atomic E-state index is 12.5. The fourth-order valence-corrected chi connectivity index (χ4v) is 4.19. The summed E-state index contributed by atoms with van der Waals surface area (Å²) in [5, 5.41) is 4.17. The Hall–Kier alpha value is -2.90. The molecule has 0 aliphatic carbocycles. The second kappa shape index (κ2) is 8.85. The Kier molecular flexibility index (Phi) is 6.01. The molecule has 0 atom stereocenters. The predicted octanol–water partition coefficient (Wildman–Crippen LogP) is 2.05. The lowest BCUT2D eigenvalue weighted by molar-refractivity contribution is -0.136. The summed E-state index contributed by atoms with van der Waals surface area (Å²) in [4.78, 5) is 32.3. The number of hydrogen-bond donors (Lipinski definition) is 0. The molecule has 8 nitrogen and oxygen atoms in total. The summed E-state index contributed by atoms with van der Waals surface area (Å²) in [5.74, 6) is 3.01. The van der Waals surface area contributed by atoms with E-state index < -0.39 is 0 Å². The van der Waals surface area contributed by atoms with Gasteiger partial charge in [-0.25, -0.2) is 0 Å². The summed E-state index contributed by atoms with van der Waals surface area (Å²) in [6.45, 7) is 4.54. The van der Waals surface area contributed by atoms with Crippen LogP contribution in [0.5, 0.6) is 5.75 Å². The molecule has 160 valence electrons. The van der Waals surface area contributed by atoms with Crippen molar-refractivity contribution in [1.82, 2.24) is 19.9 Å². The van der Waals surface area contributed by atoms with Crippen LogP contribution in [-0.4, -0.2) is 65.0 Å². The molecule has 8 heteroatoms. The maximum Gasteiger partial charge on any atom is 0.227 e. The van der Waals surface area contributed by atoms with Crippen LogP contribution in [0.1, 0.15) is 43.0 Å². The van der Waals surface area contributed by atoms with Gasteiger partial charge >= 0.3 is 0 Å². The van der Waals surface area contributed by atoms with Crippen molar-refractivity contribution in [3.05, 3.63) is 41.5 Å². The number of carbonyl (C=O) groups is 2. The molecule has 2 saturated heterocycles. The van der Waals surface area contributed by atoms with Crippen LogP contribution in [0.4, 0.5) is 0 Å². The molecule has 2 aliphatic heterocycles. The van der Waals surface area contributed by atoms with Gasteiger partial charge in [-0.3, -0.25) is 9.59 Å². The van der Waals surface area contributed by atoms with Crippen molar-refractivity contribution in [1.29, 1.82) is 0 Å². The number of hydrogen-bond acceptors (Lipinski definition) is 6. The molecule has 2 aromatic rings. The molecule has 1 aromatic heterocycles. The number of amides is 2. The van der Waals surface area contributed by atoms with Crippen LogP contribution in [0.2, 0.25) is 0 Å². The van der Waals surface area contributed by atoms with Crippen molar-refractivity contribution in [2.75, 3.05) is 33.3 Å². The van der Waals surface area contributed by atoms with Crippen molar-refractivity contribution in [3.8, 4) is 5.75 Å². The number of likely N-dealkylation sites (tertiary alicyclic amines) is 2. The highest BCUT2D eigenvalue weighted by molar-refractivity contribution is 5.79. The minimum absolute atomic E-state index is 0.123. The summed E-state index contributed by atoms with van der Waals surface area (Å²) in [7, 11) is 1.62. The zero-order valence-electron chi connectivity index (χ0n) is 17.5. The van der Waals surface area contributed by atoms with E-state index in [4.69, 9.17) is 9.26 Å². The maximum absolute atomic E-state index is 12.5. The zero-order chi connectivity index (χ0) is 21.1. The van der Waals surface area contributed by atoms with E-state index in [-0.39, 0.29) is 17.7 Å². The molecule has 2 fully saturated rings. The molecule has 3 heterocycles. The Bertz CT molecular complexity index is 898. The Morgan fingerprint density at radius 2 is 1.97 bits per heavy atom. The molecule has 0 saturated carbocycles. The van der Waals surface area contributed by atoms with Crippen molar-refractivity contribution >= 4 is 11.8 Å². The van der Waals surface area contributed by atoms with Crippen LogP contribution in [0.3, 0.4) is 0 Å². The number of methoxy groups -OCH3 is 1. The second-order valence-corrected chi connectivity index (χ2v) is 8.22. The summed E-state index contributed by atoms with van der Waals surface area (Å²) in [6.07, 6.45) is 2.82. The van der Waals surface area contributed by atoms with Gasteiger partial charge in [0.25, 0.3) is 0 Å². The lowest BCUT2D eigenvalue weighted by atomic mass is 9.94. The van der Waals surface area contributed by atoms with E-state index in [9.17, 15) is 9.59 Å². The predicted molar refractivity (Wildman–Crippen MR) is 109 cm³/mol. The molecule has 2 aliphatic rings. The van der Waals surface area contributed by atoms with Crippen LogP contribution >= 0.6 is 0 Å². The van der Waals surface area contributed by atoms with E-state index in [0.29, 0.717) is 24.7 Å². The molecule has 0 N–H and O–H groups in total. The molecular weight excluding hydrogens is 384 g/mol. The third-order valence-corrected chi connectivity index (χ3v) is 6.05. The first-order valence-corrected chi connectivity index (χ1v) is 10.5. The molecule has 0 spiro atoms. The third kappa shape index (κ3) is 4.63. The monoisotopic (exact) mass is 412 g/mol. The van der Waals surface area contributed by atoms with Crippen LogP contribution in [0.15, 0.2) is 28.8 Å². The van der Waals surface area contributed by atoms with Gasteiger partial charge in [-0.2, -0.15) is 4.98 Å². The highest BCUT2D eigenvalue weighted by Crippen LogP contribution is 2.27. The standard InChI is InChI=1S/C22H28N4O4/c1-15(27)25-8-6-18(7-9-25)22-23-20(30-24-22)11-17-13-26(14-17)21(28)12-16-4-3-5-19(10-16)29-2/h3-5,10,17-18H,6-9,11-14H2,1-2H3. The quantitative estimate of drug-likeness (QED) is 0.722. The van der Waals surface area contributed by atoms with Crippen molar-refractivity contribution < 1.29 is 18.8 Å². The topological polar surface area (TPSA) is 88.8 Å². The highest BCUT2D eigenvalue weighted by atomic mass is 16.5. The summed E-state index contributed by atoms with van der Waals surface area (Å²) in [5.41, 5.74) is 0.958. The van der Waals surface area contributed by atoms with Gasteiger partial charge in [-0.15, -0.1) is 0 Å². The van der Waals surface area contributed by atoms with E-state index in [1.165, 1.54) is 0 Å². The number of ether oxygens (including phenoxy) is 1. The molecule has 1 aromatic carbocycles. The number of carbonyl (C=O) groups excluding carboxylic acids is 2. The van der Waals surface area contributed by atoms with Crippen LogP contribution < -0.4 is 4.74 Å². The smallest absolute Gasteiger partial charge is 0.227 e. The van der Waals surface area contributed by atoms with Gasteiger partial charge in [0.15, 0.2) is 5.82 Å². The Labute approximate surface area is 176 Å².